The number of fused-ring (bicyclic) bond motifs is 1. The van der Waals surface area contributed by atoms with E-state index in [0.29, 0.717) is 12.0 Å². The first-order chi connectivity index (χ1) is 12.2. The van der Waals surface area contributed by atoms with Gasteiger partial charge in [0, 0.05) is 18.6 Å². The summed E-state index contributed by atoms with van der Waals surface area (Å²) in [6, 6.07) is 7.41. The van der Waals surface area contributed by atoms with Crippen LogP contribution in [-0.2, 0) is 0 Å². The molecule has 3 aliphatic rings. The molecule has 2 heterocycles. The summed E-state index contributed by atoms with van der Waals surface area (Å²) in [7, 11) is 0. The maximum Gasteiger partial charge on any atom is 0.315 e. The average molecular weight is 345 g/mol. The van der Waals surface area contributed by atoms with Crippen LogP contribution in [0.25, 0.3) is 0 Å². The van der Waals surface area contributed by atoms with Crippen molar-refractivity contribution in [3.8, 4) is 0 Å². The van der Waals surface area contributed by atoms with E-state index in [1.165, 1.54) is 37.9 Å². The molecule has 2 aliphatic heterocycles. The Morgan fingerprint density at radius 2 is 1.88 bits per heavy atom. The largest absolute Gasteiger partial charge is 0.335 e. The second kappa shape index (κ2) is 7.32. The van der Waals surface area contributed by atoms with E-state index < -0.39 is 0 Å². The molecule has 2 amide bonds. The first-order valence-electron chi connectivity index (χ1n) is 9.75. The lowest BCUT2D eigenvalue weighted by Gasteiger charge is -2.37. The lowest BCUT2D eigenvalue weighted by molar-refractivity contribution is 0.162. The number of amides is 2. The molecular formula is C20H28FN3O. The Morgan fingerprint density at radius 1 is 1.08 bits per heavy atom. The number of urea groups is 1. The van der Waals surface area contributed by atoms with Gasteiger partial charge >= 0.3 is 6.03 Å². The molecule has 2 N–H and O–H groups in total. The van der Waals surface area contributed by atoms with Gasteiger partial charge in [-0.05, 0) is 68.7 Å². The van der Waals surface area contributed by atoms with Gasteiger partial charge < -0.3 is 15.5 Å². The highest BCUT2D eigenvalue weighted by molar-refractivity contribution is 5.74. The lowest BCUT2D eigenvalue weighted by Crippen LogP contribution is -2.51. The van der Waals surface area contributed by atoms with E-state index >= 15 is 0 Å². The minimum absolute atomic E-state index is 0.0130. The van der Waals surface area contributed by atoms with Gasteiger partial charge in [-0.15, -0.1) is 0 Å². The van der Waals surface area contributed by atoms with Crippen molar-refractivity contribution in [3.63, 3.8) is 0 Å². The van der Waals surface area contributed by atoms with Crippen molar-refractivity contribution < 1.29 is 9.18 Å². The van der Waals surface area contributed by atoms with Gasteiger partial charge in [0.2, 0.25) is 0 Å². The number of halogens is 1. The van der Waals surface area contributed by atoms with Crippen LogP contribution in [0.1, 0.15) is 56.6 Å². The number of nitrogens with one attached hydrogen (secondary N) is 2. The normalized spacial score (nSPS) is 28.0. The van der Waals surface area contributed by atoms with Gasteiger partial charge in [0.1, 0.15) is 5.82 Å². The van der Waals surface area contributed by atoms with Crippen LogP contribution in [0.15, 0.2) is 24.3 Å². The second-order valence-electron chi connectivity index (χ2n) is 7.89. The van der Waals surface area contributed by atoms with Gasteiger partial charge in [0.05, 0.1) is 6.04 Å². The number of piperidine rings is 1. The molecule has 0 bridgehead atoms. The standard InChI is InChI=1S/C20H28FN3O/c21-16-8-6-15(7-9-16)19(14-3-1-4-14)23-20(25)22-17-10-12-24-11-2-5-18(24)13-17/h6-9,14,17-19H,1-5,10-13H2,(H2,22,23,25)/t17-,18+,19+/m1/s1. The summed E-state index contributed by atoms with van der Waals surface area (Å²) in [6.07, 6.45) is 8.13. The van der Waals surface area contributed by atoms with Crippen LogP contribution in [-0.4, -0.2) is 36.1 Å². The van der Waals surface area contributed by atoms with Crippen molar-refractivity contribution in [2.45, 2.75) is 63.1 Å². The number of benzene rings is 1. The number of rotatable bonds is 4. The molecule has 0 aromatic heterocycles. The van der Waals surface area contributed by atoms with Crippen LogP contribution in [0.2, 0.25) is 0 Å². The monoisotopic (exact) mass is 345 g/mol. The van der Waals surface area contributed by atoms with Crippen LogP contribution in [0.3, 0.4) is 0 Å². The van der Waals surface area contributed by atoms with Gasteiger partial charge in [0.15, 0.2) is 0 Å². The lowest BCUT2D eigenvalue weighted by atomic mass is 9.77. The summed E-state index contributed by atoms with van der Waals surface area (Å²) in [4.78, 5) is 15.1. The molecule has 3 atom stereocenters. The van der Waals surface area contributed by atoms with E-state index in [0.717, 1.165) is 37.8 Å². The molecule has 1 saturated carbocycles. The van der Waals surface area contributed by atoms with Gasteiger partial charge in [-0.2, -0.15) is 0 Å². The molecule has 0 spiro atoms. The van der Waals surface area contributed by atoms with E-state index in [4.69, 9.17) is 0 Å². The molecule has 25 heavy (non-hydrogen) atoms. The fourth-order valence-electron chi connectivity index (χ4n) is 4.64. The molecule has 1 aromatic carbocycles. The molecule has 1 aliphatic carbocycles. The van der Waals surface area contributed by atoms with Crippen LogP contribution in [0.4, 0.5) is 9.18 Å². The van der Waals surface area contributed by atoms with Crippen molar-refractivity contribution >= 4 is 6.03 Å². The molecule has 5 heteroatoms. The third-order valence-electron chi connectivity index (χ3n) is 6.29. The zero-order chi connectivity index (χ0) is 17.2. The summed E-state index contributed by atoms with van der Waals surface area (Å²) in [6.45, 7) is 2.32. The van der Waals surface area contributed by atoms with E-state index in [1.54, 1.807) is 12.1 Å². The Kier molecular flexibility index (Phi) is 4.93. The maximum atomic E-state index is 13.2. The molecule has 136 valence electrons. The number of hydrogen-bond acceptors (Lipinski definition) is 2. The van der Waals surface area contributed by atoms with Crippen molar-refractivity contribution in [1.29, 1.82) is 0 Å². The Morgan fingerprint density at radius 3 is 2.60 bits per heavy atom. The molecule has 3 fully saturated rings. The number of hydrogen-bond donors (Lipinski definition) is 2. The quantitative estimate of drug-likeness (QED) is 0.876. The third kappa shape index (κ3) is 3.81. The van der Waals surface area contributed by atoms with Gasteiger partial charge in [-0.3, -0.25) is 0 Å². The highest BCUT2D eigenvalue weighted by Gasteiger charge is 2.34. The first-order valence-corrected chi connectivity index (χ1v) is 9.75. The molecular weight excluding hydrogens is 317 g/mol. The van der Waals surface area contributed by atoms with Crippen molar-refractivity contribution in [3.05, 3.63) is 35.6 Å². The van der Waals surface area contributed by atoms with E-state index in [2.05, 4.69) is 15.5 Å². The van der Waals surface area contributed by atoms with E-state index in [1.807, 2.05) is 0 Å². The molecule has 1 aromatic rings. The Bertz CT molecular complexity index is 601. The van der Waals surface area contributed by atoms with Crippen molar-refractivity contribution in [1.82, 2.24) is 15.5 Å². The van der Waals surface area contributed by atoms with Crippen LogP contribution in [0.5, 0.6) is 0 Å². The predicted octanol–water partition coefficient (Wildman–Crippen LogP) is 3.59. The summed E-state index contributed by atoms with van der Waals surface area (Å²) >= 11 is 0. The fourth-order valence-corrected chi connectivity index (χ4v) is 4.64. The summed E-state index contributed by atoms with van der Waals surface area (Å²) in [5.41, 5.74) is 1.01. The minimum Gasteiger partial charge on any atom is -0.335 e. The van der Waals surface area contributed by atoms with Crippen LogP contribution < -0.4 is 10.6 Å². The Hall–Kier alpha value is -1.62. The highest BCUT2D eigenvalue weighted by Crippen LogP contribution is 2.37. The SMILES string of the molecule is O=C(N[C@@H]1CCN2CCC[C@H]2C1)N[C@H](c1ccc(F)cc1)C1CCC1. The predicted molar refractivity (Wildman–Crippen MR) is 95.8 cm³/mol. The molecule has 4 rings (SSSR count). The van der Waals surface area contributed by atoms with Crippen molar-refractivity contribution in [2.24, 2.45) is 5.92 Å². The number of carbonyl (C=O) groups is 1. The first kappa shape index (κ1) is 16.8. The summed E-state index contributed by atoms with van der Waals surface area (Å²) < 4.78 is 13.2. The minimum atomic E-state index is -0.233. The topological polar surface area (TPSA) is 44.4 Å². The van der Waals surface area contributed by atoms with Crippen LogP contribution >= 0.6 is 0 Å². The highest BCUT2D eigenvalue weighted by atomic mass is 19.1. The number of nitrogens with zero attached hydrogens (tertiary/aromatic N) is 1. The average Bonchev–Trinajstić information content (AvgIpc) is 3.01. The van der Waals surface area contributed by atoms with E-state index in [-0.39, 0.29) is 23.9 Å². The summed E-state index contributed by atoms with van der Waals surface area (Å²) in [5, 5.41) is 6.37. The smallest absolute Gasteiger partial charge is 0.315 e. The molecule has 2 saturated heterocycles. The molecule has 4 nitrogen and oxygen atoms in total. The third-order valence-corrected chi connectivity index (χ3v) is 6.29. The van der Waals surface area contributed by atoms with Gasteiger partial charge in [-0.25, -0.2) is 9.18 Å². The Balaban J connectivity index is 1.36. The number of carbonyl (C=O) groups excluding carboxylic acids is 1. The molecule has 0 unspecified atom stereocenters. The van der Waals surface area contributed by atoms with Gasteiger partial charge in [-0.1, -0.05) is 18.6 Å². The molecule has 0 radical (unpaired) electrons. The fraction of sp³-hybridized carbons (Fsp3) is 0.650. The second-order valence-corrected chi connectivity index (χ2v) is 7.89. The Labute approximate surface area is 149 Å². The van der Waals surface area contributed by atoms with Crippen molar-refractivity contribution in [2.75, 3.05) is 13.1 Å². The summed E-state index contributed by atoms with van der Waals surface area (Å²) in [5.74, 6) is 0.233. The van der Waals surface area contributed by atoms with Gasteiger partial charge in [0.25, 0.3) is 0 Å². The van der Waals surface area contributed by atoms with Crippen LogP contribution in [0, 0.1) is 11.7 Å². The van der Waals surface area contributed by atoms with E-state index in [9.17, 15) is 9.18 Å². The maximum absolute atomic E-state index is 13.2. The zero-order valence-corrected chi connectivity index (χ0v) is 14.7. The zero-order valence-electron chi connectivity index (χ0n) is 14.7.